The summed E-state index contributed by atoms with van der Waals surface area (Å²) in [6.45, 7) is 5.93. The van der Waals surface area contributed by atoms with E-state index in [1.54, 1.807) is 28.9 Å². The second-order valence-electron chi connectivity index (χ2n) is 8.23. The highest BCUT2D eigenvalue weighted by molar-refractivity contribution is 7.00. The van der Waals surface area contributed by atoms with E-state index >= 15 is 0 Å². The number of nitrogens with zero attached hydrogens (tertiary/aromatic N) is 3. The van der Waals surface area contributed by atoms with Gasteiger partial charge < -0.3 is 0 Å². The van der Waals surface area contributed by atoms with Crippen LogP contribution in [0.5, 0.6) is 0 Å². The van der Waals surface area contributed by atoms with E-state index in [1.807, 2.05) is 32.0 Å². The predicted molar refractivity (Wildman–Crippen MR) is 123 cm³/mol. The van der Waals surface area contributed by atoms with Crippen molar-refractivity contribution in [3.05, 3.63) is 107 Å². The van der Waals surface area contributed by atoms with Crippen LogP contribution in [-0.4, -0.2) is 28.6 Å². The molecule has 4 rings (SSSR count). The third-order valence-electron chi connectivity index (χ3n) is 5.89. The zero-order chi connectivity index (χ0) is 22.9. The maximum absolute atomic E-state index is 13.6. The van der Waals surface area contributed by atoms with Crippen LogP contribution < -0.4 is 10.4 Å². The van der Waals surface area contributed by atoms with Gasteiger partial charge in [0.2, 0.25) is 5.78 Å². The van der Waals surface area contributed by atoms with Gasteiger partial charge in [0.15, 0.2) is 5.82 Å². The van der Waals surface area contributed by atoms with E-state index in [1.165, 1.54) is 30.6 Å². The molecule has 0 aliphatic carbocycles. The van der Waals surface area contributed by atoms with Crippen molar-refractivity contribution in [1.29, 1.82) is 0 Å². The van der Waals surface area contributed by atoms with Crippen LogP contribution in [0, 0.1) is 25.5 Å². The van der Waals surface area contributed by atoms with Crippen molar-refractivity contribution in [2.45, 2.75) is 26.6 Å². The summed E-state index contributed by atoms with van der Waals surface area (Å²) >= 11 is 0. The molecule has 0 amide bonds. The van der Waals surface area contributed by atoms with Crippen LogP contribution in [0.4, 0.5) is 8.78 Å². The molecule has 4 nitrogen and oxygen atoms in total. The third kappa shape index (κ3) is 4.16. The highest BCUT2D eigenvalue weighted by Gasteiger charge is 2.35. The van der Waals surface area contributed by atoms with Crippen molar-refractivity contribution in [3.8, 4) is 0 Å². The summed E-state index contributed by atoms with van der Waals surface area (Å²) in [4.78, 5) is 17.6. The number of carbonyl (C=O) groups excluding carboxylic acids is 1. The van der Waals surface area contributed by atoms with E-state index < -0.39 is 8.07 Å². The summed E-state index contributed by atoms with van der Waals surface area (Å²) < 4.78 is 28.9. The minimum absolute atomic E-state index is 0.196. The lowest BCUT2D eigenvalue weighted by molar-refractivity contribution is 0.102. The number of ketones is 1. The molecule has 0 unspecified atom stereocenters. The summed E-state index contributed by atoms with van der Waals surface area (Å²) in [6.07, 6.45) is 1.78. The van der Waals surface area contributed by atoms with E-state index in [0.717, 1.165) is 21.5 Å². The lowest BCUT2D eigenvalue weighted by atomic mass is 10.0. The average molecular weight is 448 g/mol. The first-order valence-electron chi connectivity index (χ1n) is 10.3. The Balaban J connectivity index is 1.78. The Morgan fingerprint density at radius 3 is 2.03 bits per heavy atom. The molecule has 0 saturated heterocycles. The molecule has 3 aromatic carbocycles. The molecule has 0 N–H and O–H groups in total. The fraction of sp³-hybridized carbons (Fsp3) is 0.160. The summed E-state index contributed by atoms with van der Waals surface area (Å²) in [5.41, 5.74) is 2.44. The van der Waals surface area contributed by atoms with Crippen LogP contribution in [0.25, 0.3) is 0 Å². The zero-order valence-electron chi connectivity index (χ0n) is 18.1. The normalized spacial score (nSPS) is 11.5. The highest BCUT2D eigenvalue weighted by atomic mass is 28.3. The smallest absolute Gasteiger partial charge is 0.230 e. The molecule has 0 radical (unpaired) electrons. The van der Waals surface area contributed by atoms with Gasteiger partial charge >= 0.3 is 0 Å². The van der Waals surface area contributed by atoms with Crippen molar-refractivity contribution in [1.82, 2.24) is 14.8 Å². The molecule has 0 bridgehead atoms. The number of hydrogen-bond acceptors (Lipinski definition) is 3. The number of aryl methyl sites for hydroxylation is 2. The summed E-state index contributed by atoms with van der Waals surface area (Å²) in [7, 11) is -2.58. The van der Waals surface area contributed by atoms with Crippen LogP contribution >= 0.6 is 0 Å². The van der Waals surface area contributed by atoms with Gasteiger partial charge in [-0.1, -0.05) is 58.9 Å². The van der Waals surface area contributed by atoms with Gasteiger partial charge in [0.1, 0.15) is 26.0 Å². The molecule has 0 spiro atoms. The minimum atomic E-state index is -2.58. The SMILES string of the molecule is Cc1ccc(C)c(C(=O)c2ncnn2C[Si](C)(c2ccc(F)cc2)c2ccc(F)cc2)c1. The molecule has 0 atom stereocenters. The van der Waals surface area contributed by atoms with Crippen molar-refractivity contribution in [2.24, 2.45) is 0 Å². The first-order valence-corrected chi connectivity index (χ1v) is 13.0. The standard InChI is InChI=1S/C25H23F2N3OSi/c1-17-4-5-18(2)23(14-17)24(31)25-28-15-29-30(25)16-32(3,21-10-6-19(26)7-11-21)22-12-8-20(27)9-13-22/h4-15H,16H2,1-3H3. The molecule has 7 heteroatoms. The maximum atomic E-state index is 13.6. The van der Waals surface area contributed by atoms with Crippen molar-refractivity contribution >= 4 is 24.2 Å². The van der Waals surface area contributed by atoms with Gasteiger partial charge in [-0.15, -0.1) is 0 Å². The molecule has 0 saturated carbocycles. The number of carbonyl (C=O) groups is 1. The first-order chi connectivity index (χ1) is 15.3. The molecule has 1 heterocycles. The topological polar surface area (TPSA) is 47.8 Å². The van der Waals surface area contributed by atoms with E-state index in [2.05, 4.69) is 16.6 Å². The van der Waals surface area contributed by atoms with Crippen molar-refractivity contribution < 1.29 is 13.6 Å². The molecular weight excluding hydrogens is 424 g/mol. The molecule has 0 aliphatic rings. The van der Waals surface area contributed by atoms with Crippen LogP contribution in [0.2, 0.25) is 6.55 Å². The van der Waals surface area contributed by atoms with Gasteiger partial charge in [-0.2, -0.15) is 5.10 Å². The Labute approximate surface area is 186 Å². The number of halogens is 2. The van der Waals surface area contributed by atoms with Crippen molar-refractivity contribution in [3.63, 3.8) is 0 Å². The van der Waals surface area contributed by atoms with Gasteiger partial charge in [-0.25, -0.2) is 18.4 Å². The van der Waals surface area contributed by atoms with Crippen LogP contribution in [0.15, 0.2) is 73.1 Å². The fourth-order valence-electron chi connectivity index (χ4n) is 3.94. The van der Waals surface area contributed by atoms with Gasteiger partial charge in [0, 0.05) is 11.7 Å². The van der Waals surface area contributed by atoms with Gasteiger partial charge in [-0.3, -0.25) is 4.79 Å². The molecule has 162 valence electrons. The highest BCUT2D eigenvalue weighted by Crippen LogP contribution is 2.17. The second kappa shape index (κ2) is 8.59. The van der Waals surface area contributed by atoms with E-state index in [4.69, 9.17) is 0 Å². The second-order valence-corrected chi connectivity index (χ2v) is 12.4. The van der Waals surface area contributed by atoms with E-state index in [9.17, 15) is 13.6 Å². The van der Waals surface area contributed by atoms with Gasteiger partial charge in [0.25, 0.3) is 0 Å². The number of hydrogen-bond donors (Lipinski definition) is 0. The van der Waals surface area contributed by atoms with Crippen molar-refractivity contribution in [2.75, 3.05) is 0 Å². The Hall–Kier alpha value is -3.45. The Morgan fingerprint density at radius 2 is 1.47 bits per heavy atom. The monoisotopic (exact) mass is 447 g/mol. The average Bonchev–Trinajstić information content (AvgIpc) is 3.23. The van der Waals surface area contributed by atoms with Crippen LogP contribution in [0.3, 0.4) is 0 Å². The molecule has 32 heavy (non-hydrogen) atoms. The number of benzene rings is 3. The summed E-state index contributed by atoms with van der Waals surface area (Å²) in [5.74, 6) is -0.591. The lowest BCUT2D eigenvalue weighted by Gasteiger charge is -2.29. The molecule has 0 aliphatic heterocycles. The molecule has 0 fully saturated rings. The summed E-state index contributed by atoms with van der Waals surface area (Å²) in [6, 6.07) is 18.5. The maximum Gasteiger partial charge on any atom is 0.230 e. The minimum Gasteiger partial charge on any atom is -0.285 e. The van der Waals surface area contributed by atoms with E-state index in [0.29, 0.717) is 11.7 Å². The number of rotatable bonds is 6. The third-order valence-corrected chi connectivity index (χ3v) is 10.0. The first kappa shape index (κ1) is 21.8. The largest absolute Gasteiger partial charge is 0.285 e. The predicted octanol–water partition coefficient (Wildman–Crippen LogP) is 3.84. The molecular formula is C25H23F2N3OSi. The Bertz CT molecular complexity index is 1220. The lowest BCUT2D eigenvalue weighted by Crippen LogP contribution is -2.59. The Kier molecular flexibility index (Phi) is 5.84. The van der Waals surface area contributed by atoms with Gasteiger partial charge in [-0.05, 0) is 49.7 Å². The summed E-state index contributed by atoms with van der Waals surface area (Å²) in [5, 5.41) is 6.26. The van der Waals surface area contributed by atoms with Crippen LogP contribution in [0.1, 0.15) is 27.3 Å². The molecule has 4 aromatic rings. The van der Waals surface area contributed by atoms with E-state index in [-0.39, 0.29) is 23.2 Å². The number of aromatic nitrogens is 3. The van der Waals surface area contributed by atoms with Gasteiger partial charge in [0.05, 0.1) is 0 Å². The zero-order valence-corrected chi connectivity index (χ0v) is 19.1. The quantitative estimate of drug-likeness (QED) is 0.333. The molecule has 1 aromatic heterocycles. The fourth-order valence-corrected chi connectivity index (χ4v) is 7.27. The van der Waals surface area contributed by atoms with Crippen LogP contribution in [-0.2, 0) is 6.17 Å². The Morgan fingerprint density at radius 1 is 0.906 bits per heavy atom.